The van der Waals surface area contributed by atoms with Gasteiger partial charge in [0.25, 0.3) is 23.3 Å². The minimum atomic E-state index is -0.998. The number of aryl methyl sites for hydroxylation is 1. The zero-order valence-corrected chi connectivity index (χ0v) is 38.5. The number of aliphatic hydroxyl groups excluding tert-OH is 1. The van der Waals surface area contributed by atoms with Crippen LogP contribution in [-0.4, -0.2) is 121 Å². The Hall–Kier alpha value is -7.18. The molecular weight excluding hydrogens is 867 g/mol. The Labute approximate surface area is 392 Å². The molecule has 11 rings (SSSR count). The van der Waals surface area contributed by atoms with Crippen molar-refractivity contribution in [2.75, 3.05) is 59.3 Å². The molecule has 3 fully saturated rings. The number of anilines is 5. The highest BCUT2D eigenvalue weighted by Crippen LogP contribution is 2.41. The predicted molar refractivity (Wildman–Crippen MR) is 253 cm³/mol. The maximum atomic E-state index is 14.0. The molecule has 1 unspecified atom stereocenters. The highest BCUT2D eigenvalue weighted by Gasteiger charge is 2.46. The third kappa shape index (κ3) is 7.24. The molecule has 0 saturated carbocycles. The van der Waals surface area contributed by atoms with Gasteiger partial charge in [-0.1, -0.05) is 13.8 Å². The number of nitrogens with one attached hydrogen (secondary N) is 2. The molecule has 0 spiro atoms. The number of piperidine rings is 1. The van der Waals surface area contributed by atoms with E-state index in [1.54, 1.807) is 48.6 Å². The molecular formula is C50H53N11O7. The monoisotopic (exact) mass is 919 g/mol. The lowest BCUT2D eigenvalue weighted by Gasteiger charge is -2.51. The van der Waals surface area contributed by atoms with E-state index in [0.29, 0.717) is 58.8 Å². The fourth-order valence-corrected chi connectivity index (χ4v) is 11.2. The summed E-state index contributed by atoms with van der Waals surface area (Å²) in [7, 11) is 1.68. The van der Waals surface area contributed by atoms with Gasteiger partial charge in [-0.25, -0.2) is 9.97 Å². The van der Waals surface area contributed by atoms with Crippen molar-refractivity contribution in [1.29, 1.82) is 0 Å². The molecule has 3 N–H and O–H groups in total. The first-order chi connectivity index (χ1) is 32.7. The van der Waals surface area contributed by atoms with Crippen molar-refractivity contribution in [2.24, 2.45) is 12.5 Å². The molecule has 6 aliphatic rings. The van der Waals surface area contributed by atoms with Gasteiger partial charge in [0.15, 0.2) is 0 Å². The maximum Gasteiger partial charge on any atom is 0.276 e. The summed E-state index contributed by atoms with van der Waals surface area (Å²) in [6, 6.07) is 14.2. The van der Waals surface area contributed by atoms with Gasteiger partial charge in [0, 0.05) is 106 Å². The number of hydrogen-bond acceptors (Lipinski definition) is 13. The average molecular weight is 920 g/mol. The molecule has 3 saturated heterocycles. The molecule has 9 heterocycles. The van der Waals surface area contributed by atoms with Crippen LogP contribution in [-0.2, 0) is 42.6 Å². The molecule has 0 bridgehead atoms. The number of carbonyl (C=O) groups excluding carboxylic acids is 5. The molecule has 1 aromatic carbocycles. The van der Waals surface area contributed by atoms with E-state index in [0.717, 1.165) is 61.8 Å². The molecule has 5 aromatic rings. The number of amides is 5. The van der Waals surface area contributed by atoms with Gasteiger partial charge >= 0.3 is 0 Å². The Morgan fingerprint density at radius 2 is 1.63 bits per heavy atom. The average Bonchev–Trinajstić information content (AvgIpc) is 3.88. The zero-order valence-electron chi connectivity index (χ0n) is 38.5. The Balaban J connectivity index is 0.727. The van der Waals surface area contributed by atoms with Crippen LogP contribution in [0.5, 0.6) is 0 Å². The van der Waals surface area contributed by atoms with Crippen molar-refractivity contribution in [3.8, 4) is 11.1 Å². The van der Waals surface area contributed by atoms with Crippen LogP contribution in [0.1, 0.15) is 81.6 Å². The number of imide groups is 2. The van der Waals surface area contributed by atoms with Crippen LogP contribution in [0.25, 0.3) is 11.1 Å². The van der Waals surface area contributed by atoms with Crippen LogP contribution in [0.2, 0.25) is 0 Å². The molecule has 0 radical (unpaired) electrons. The summed E-state index contributed by atoms with van der Waals surface area (Å²) in [5.41, 5.74) is 7.55. The second kappa shape index (κ2) is 16.3. The van der Waals surface area contributed by atoms with Gasteiger partial charge in [-0.05, 0) is 91.3 Å². The lowest BCUT2D eigenvalue weighted by atomic mass is 9.90. The molecule has 18 heteroatoms. The van der Waals surface area contributed by atoms with Crippen LogP contribution in [0, 0.1) is 5.41 Å². The predicted octanol–water partition coefficient (Wildman–Crippen LogP) is 3.47. The number of fused-ring (bicyclic) bond motifs is 4. The molecule has 5 aliphatic heterocycles. The number of pyridine rings is 3. The summed E-state index contributed by atoms with van der Waals surface area (Å²) >= 11 is 0. The molecule has 5 amide bonds. The number of hydrogen-bond donors (Lipinski definition) is 3. The van der Waals surface area contributed by atoms with Crippen molar-refractivity contribution in [2.45, 2.75) is 77.7 Å². The van der Waals surface area contributed by atoms with Gasteiger partial charge in [-0.15, -0.1) is 0 Å². The fraction of sp³-hybridized carbons (Fsp3) is 0.400. The van der Waals surface area contributed by atoms with Gasteiger partial charge in [0.05, 0.1) is 29.6 Å². The number of piperazine rings is 1. The van der Waals surface area contributed by atoms with Crippen molar-refractivity contribution < 1.29 is 29.1 Å². The van der Waals surface area contributed by atoms with Crippen molar-refractivity contribution in [3.63, 3.8) is 0 Å². The number of carbonyl (C=O) groups is 5. The molecule has 18 nitrogen and oxygen atoms in total. The minimum Gasteiger partial charge on any atom is -0.392 e. The topological polar surface area (TPSA) is 199 Å². The van der Waals surface area contributed by atoms with Crippen LogP contribution in [0.3, 0.4) is 0 Å². The van der Waals surface area contributed by atoms with E-state index in [4.69, 9.17) is 4.98 Å². The standard InChI is InChI=1S/C50H53N11O7/c1-28-23-56(33-25-57(26-33)31-5-7-35-36(19-31)47(66)61(46(35)65)39-8-10-43(63)54-45(39)64)13-14-58(28)32-6-9-42(52-22-32)53-38-17-30(24-55(4)48(38)67)34-11-12-51-44(37(34)27-62)60-16-15-59-40(49(60)68)18-29-20-50(2,3)21-41(29)59/h5-7,9,11-12,17-19,22,24,28,33,39,62H,8,10,13-16,20-21,23,25-27H2,1-4H3,(H,52,53)(H,54,63,64)/t28-,39?/m0/s1. The van der Waals surface area contributed by atoms with Crippen molar-refractivity contribution >= 4 is 58.2 Å². The summed E-state index contributed by atoms with van der Waals surface area (Å²) in [6.07, 6.45) is 7.23. The van der Waals surface area contributed by atoms with Gasteiger partial charge < -0.3 is 29.4 Å². The highest BCUT2D eigenvalue weighted by molar-refractivity contribution is 6.23. The van der Waals surface area contributed by atoms with E-state index < -0.39 is 29.7 Å². The summed E-state index contributed by atoms with van der Waals surface area (Å²) in [5, 5.41) is 16.3. The van der Waals surface area contributed by atoms with Gasteiger partial charge in [-0.3, -0.25) is 48.8 Å². The highest BCUT2D eigenvalue weighted by atomic mass is 16.3. The second-order valence-corrected chi connectivity index (χ2v) is 19.8. The zero-order chi connectivity index (χ0) is 47.3. The molecule has 68 heavy (non-hydrogen) atoms. The molecule has 1 aliphatic carbocycles. The summed E-state index contributed by atoms with van der Waals surface area (Å²) in [5.74, 6) is -1.29. The van der Waals surface area contributed by atoms with Gasteiger partial charge in [0.1, 0.15) is 29.1 Å². The van der Waals surface area contributed by atoms with Crippen molar-refractivity contribution in [3.05, 3.63) is 111 Å². The van der Waals surface area contributed by atoms with Gasteiger partial charge in [0.2, 0.25) is 11.8 Å². The normalized spacial score (nSPS) is 21.5. The number of nitrogens with zero attached hydrogens (tertiary/aromatic N) is 9. The molecule has 4 aromatic heterocycles. The Morgan fingerprint density at radius 1 is 0.838 bits per heavy atom. The van der Waals surface area contributed by atoms with Crippen LogP contribution in [0.15, 0.2) is 71.9 Å². The first-order valence-corrected chi connectivity index (χ1v) is 23.3. The van der Waals surface area contributed by atoms with E-state index in [-0.39, 0.29) is 53.5 Å². The van der Waals surface area contributed by atoms with Crippen molar-refractivity contribution in [1.82, 2.24) is 34.2 Å². The minimum absolute atomic E-state index is 0.0734. The first-order valence-electron chi connectivity index (χ1n) is 23.3. The maximum absolute atomic E-state index is 14.0. The van der Waals surface area contributed by atoms with Crippen LogP contribution < -0.4 is 30.9 Å². The van der Waals surface area contributed by atoms with Crippen LogP contribution in [0.4, 0.5) is 28.7 Å². The fourth-order valence-electron chi connectivity index (χ4n) is 11.2. The number of rotatable bonds is 9. The van der Waals surface area contributed by atoms with Crippen LogP contribution >= 0.6 is 0 Å². The first kappa shape index (κ1) is 43.4. The lowest BCUT2D eigenvalue weighted by molar-refractivity contribution is -0.136. The summed E-state index contributed by atoms with van der Waals surface area (Å²) < 4.78 is 3.65. The van der Waals surface area contributed by atoms with E-state index in [1.807, 2.05) is 30.5 Å². The lowest BCUT2D eigenvalue weighted by Crippen LogP contribution is -2.65. The Kier molecular flexibility index (Phi) is 10.4. The largest absolute Gasteiger partial charge is 0.392 e. The molecule has 2 atom stereocenters. The third-order valence-corrected chi connectivity index (χ3v) is 14.7. The summed E-state index contributed by atoms with van der Waals surface area (Å²) in [6.45, 7) is 11.4. The summed E-state index contributed by atoms with van der Waals surface area (Å²) in [4.78, 5) is 97.2. The third-order valence-electron chi connectivity index (χ3n) is 14.7. The smallest absolute Gasteiger partial charge is 0.276 e. The quantitative estimate of drug-likeness (QED) is 0.182. The van der Waals surface area contributed by atoms with Gasteiger partial charge in [-0.2, -0.15) is 0 Å². The van der Waals surface area contributed by atoms with E-state index in [9.17, 15) is 33.9 Å². The van der Waals surface area contributed by atoms with E-state index >= 15 is 0 Å². The van der Waals surface area contributed by atoms with E-state index in [2.05, 4.69) is 55.7 Å². The Morgan fingerprint density at radius 3 is 2.38 bits per heavy atom. The number of benzene rings is 1. The number of aliphatic hydroxyl groups is 1. The number of aromatic nitrogens is 4. The Bertz CT molecular complexity index is 3030. The second-order valence-electron chi connectivity index (χ2n) is 19.8. The van der Waals surface area contributed by atoms with E-state index in [1.165, 1.54) is 15.8 Å². The SMILES string of the molecule is C[C@H]1CN(C2CN(c3ccc4c(c3)C(=O)N(C3CCC(=O)NC3=O)C4=O)C2)CCN1c1ccc(Nc2cc(-c3ccnc(N4CCn5c(cc6c5CC(C)(C)C6)C4=O)c3CO)cn(C)c2=O)nc1. The molecule has 350 valence electrons.